The van der Waals surface area contributed by atoms with Crippen molar-refractivity contribution in [2.24, 2.45) is 5.92 Å². The van der Waals surface area contributed by atoms with Crippen molar-refractivity contribution >= 4 is 0 Å². The van der Waals surface area contributed by atoms with Gasteiger partial charge in [0.15, 0.2) is 0 Å². The molecule has 0 spiro atoms. The molecule has 1 atom stereocenters. The van der Waals surface area contributed by atoms with E-state index in [0.29, 0.717) is 0 Å². The normalized spacial score (nSPS) is 24.7. The molecule has 3 heteroatoms. The average molecular weight is 302 g/mol. The van der Waals surface area contributed by atoms with Gasteiger partial charge < -0.3 is 9.64 Å². The number of hydrogen-bond acceptors (Lipinski definition) is 3. The van der Waals surface area contributed by atoms with Crippen LogP contribution in [0.1, 0.15) is 31.2 Å². The molecule has 0 bridgehead atoms. The molecule has 0 radical (unpaired) electrons. The molecule has 0 unspecified atom stereocenters. The fourth-order valence-corrected chi connectivity index (χ4v) is 3.86. The standard InChI is InChI=1S/C19H30N2O/c1-20(14-17-6-3-2-4-7-17)19-9-11-21(12-10-19)15-18-8-5-13-22-16-18/h2-4,6-7,18-19H,5,8-16H2,1H3/t18-/m0/s1. The second kappa shape index (κ2) is 8.09. The van der Waals surface area contributed by atoms with E-state index in [1.54, 1.807) is 0 Å². The molecule has 2 aliphatic rings. The highest BCUT2D eigenvalue weighted by molar-refractivity contribution is 5.14. The van der Waals surface area contributed by atoms with E-state index >= 15 is 0 Å². The predicted octanol–water partition coefficient (Wildman–Crippen LogP) is 3.01. The first-order valence-corrected chi connectivity index (χ1v) is 8.85. The minimum Gasteiger partial charge on any atom is -0.381 e. The Labute approximate surface area is 135 Å². The van der Waals surface area contributed by atoms with E-state index in [-0.39, 0.29) is 0 Å². The van der Waals surface area contributed by atoms with Crippen molar-refractivity contribution in [1.82, 2.24) is 9.80 Å². The van der Waals surface area contributed by atoms with Gasteiger partial charge in [-0.1, -0.05) is 30.3 Å². The fourth-order valence-electron chi connectivity index (χ4n) is 3.86. The molecule has 2 fully saturated rings. The fraction of sp³-hybridized carbons (Fsp3) is 0.684. The van der Waals surface area contributed by atoms with Gasteiger partial charge in [0.05, 0.1) is 6.61 Å². The molecule has 2 heterocycles. The zero-order valence-corrected chi connectivity index (χ0v) is 13.9. The zero-order chi connectivity index (χ0) is 15.2. The van der Waals surface area contributed by atoms with Crippen molar-refractivity contribution < 1.29 is 4.74 Å². The summed E-state index contributed by atoms with van der Waals surface area (Å²) in [5.74, 6) is 0.771. The molecule has 0 saturated carbocycles. The second-order valence-electron chi connectivity index (χ2n) is 7.02. The first-order chi connectivity index (χ1) is 10.8. The maximum absolute atomic E-state index is 5.61. The van der Waals surface area contributed by atoms with Crippen LogP contribution in [0.2, 0.25) is 0 Å². The second-order valence-corrected chi connectivity index (χ2v) is 7.02. The first-order valence-electron chi connectivity index (χ1n) is 8.85. The van der Waals surface area contributed by atoms with Crippen LogP contribution in [-0.4, -0.2) is 55.7 Å². The molecular formula is C19H30N2O. The minimum atomic E-state index is 0.735. The molecule has 22 heavy (non-hydrogen) atoms. The van der Waals surface area contributed by atoms with E-state index < -0.39 is 0 Å². The van der Waals surface area contributed by atoms with Crippen LogP contribution in [0.5, 0.6) is 0 Å². The molecule has 0 N–H and O–H groups in total. The number of benzene rings is 1. The Balaban J connectivity index is 1.41. The Kier molecular flexibility index (Phi) is 5.88. The lowest BCUT2D eigenvalue weighted by Crippen LogP contribution is -2.45. The van der Waals surface area contributed by atoms with Gasteiger partial charge >= 0.3 is 0 Å². The van der Waals surface area contributed by atoms with Gasteiger partial charge in [-0.3, -0.25) is 4.90 Å². The Hall–Kier alpha value is -0.900. The van der Waals surface area contributed by atoms with E-state index in [4.69, 9.17) is 4.74 Å². The number of piperidine rings is 1. The van der Waals surface area contributed by atoms with Crippen molar-refractivity contribution in [3.63, 3.8) is 0 Å². The van der Waals surface area contributed by atoms with Crippen LogP contribution in [0, 0.1) is 5.92 Å². The lowest BCUT2D eigenvalue weighted by molar-refractivity contribution is 0.0293. The van der Waals surface area contributed by atoms with Gasteiger partial charge in [0.1, 0.15) is 0 Å². The van der Waals surface area contributed by atoms with E-state index in [2.05, 4.69) is 47.2 Å². The summed E-state index contributed by atoms with van der Waals surface area (Å²) in [4.78, 5) is 5.20. The van der Waals surface area contributed by atoms with Gasteiger partial charge in [0, 0.05) is 25.7 Å². The van der Waals surface area contributed by atoms with Crippen molar-refractivity contribution in [2.45, 2.75) is 38.3 Å². The summed E-state index contributed by atoms with van der Waals surface area (Å²) in [7, 11) is 2.28. The number of nitrogens with zero attached hydrogens (tertiary/aromatic N) is 2. The van der Waals surface area contributed by atoms with Gasteiger partial charge in [0.2, 0.25) is 0 Å². The van der Waals surface area contributed by atoms with Crippen LogP contribution in [0.4, 0.5) is 0 Å². The Morgan fingerprint density at radius 3 is 2.59 bits per heavy atom. The van der Waals surface area contributed by atoms with Crippen molar-refractivity contribution in [3.05, 3.63) is 35.9 Å². The smallest absolute Gasteiger partial charge is 0.0506 e. The average Bonchev–Trinajstić information content (AvgIpc) is 2.57. The third-order valence-electron chi connectivity index (χ3n) is 5.23. The summed E-state index contributed by atoms with van der Waals surface area (Å²) < 4.78 is 5.61. The largest absolute Gasteiger partial charge is 0.381 e. The third-order valence-corrected chi connectivity index (χ3v) is 5.23. The molecule has 2 aliphatic heterocycles. The number of rotatable bonds is 5. The van der Waals surface area contributed by atoms with E-state index in [1.165, 1.54) is 50.9 Å². The number of likely N-dealkylation sites (tertiary alicyclic amines) is 1. The molecule has 122 valence electrons. The highest BCUT2D eigenvalue weighted by Gasteiger charge is 2.25. The minimum absolute atomic E-state index is 0.735. The molecule has 3 nitrogen and oxygen atoms in total. The Bertz CT molecular complexity index is 422. The van der Waals surface area contributed by atoms with Crippen LogP contribution < -0.4 is 0 Å². The van der Waals surface area contributed by atoms with Gasteiger partial charge in [-0.25, -0.2) is 0 Å². The summed E-state index contributed by atoms with van der Waals surface area (Å²) >= 11 is 0. The molecule has 1 aromatic rings. The summed E-state index contributed by atoms with van der Waals surface area (Å²) in [6, 6.07) is 11.6. The van der Waals surface area contributed by atoms with E-state index in [0.717, 1.165) is 31.7 Å². The molecule has 0 aliphatic carbocycles. The zero-order valence-electron chi connectivity index (χ0n) is 13.9. The lowest BCUT2D eigenvalue weighted by Gasteiger charge is -2.38. The quantitative estimate of drug-likeness (QED) is 0.831. The monoisotopic (exact) mass is 302 g/mol. The molecule has 3 rings (SSSR count). The molecule has 0 amide bonds. The SMILES string of the molecule is CN(Cc1ccccc1)C1CCN(C[C@@H]2CCCOC2)CC1. The molecule has 1 aromatic carbocycles. The van der Waals surface area contributed by atoms with Crippen molar-refractivity contribution in [2.75, 3.05) is 39.9 Å². The topological polar surface area (TPSA) is 15.7 Å². The third kappa shape index (κ3) is 4.55. The molecule has 0 aromatic heterocycles. The van der Waals surface area contributed by atoms with Crippen LogP contribution >= 0.6 is 0 Å². The Morgan fingerprint density at radius 2 is 1.91 bits per heavy atom. The number of hydrogen-bond donors (Lipinski definition) is 0. The van der Waals surface area contributed by atoms with Crippen LogP contribution in [0.25, 0.3) is 0 Å². The molecular weight excluding hydrogens is 272 g/mol. The highest BCUT2D eigenvalue weighted by atomic mass is 16.5. The predicted molar refractivity (Wildman–Crippen MR) is 90.9 cm³/mol. The lowest BCUT2D eigenvalue weighted by atomic mass is 9.98. The molecule has 2 saturated heterocycles. The van der Waals surface area contributed by atoms with Gasteiger partial charge in [0.25, 0.3) is 0 Å². The first kappa shape index (κ1) is 16.0. The summed E-state index contributed by atoms with van der Waals surface area (Å²) in [5.41, 5.74) is 1.42. The van der Waals surface area contributed by atoms with Crippen LogP contribution in [0.15, 0.2) is 30.3 Å². The van der Waals surface area contributed by atoms with Crippen LogP contribution in [-0.2, 0) is 11.3 Å². The van der Waals surface area contributed by atoms with Crippen molar-refractivity contribution in [3.8, 4) is 0 Å². The summed E-state index contributed by atoms with van der Waals surface area (Å²) in [6.07, 6.45) is 5.21. The summed E-state index contributed by atoms with van der Waals surface area (Å²) in [5, 5.41) is 0. The van der Waals surface area contributed by atoms with E-state index in [1.807, 2.05) is 0 Å². The van der Waals surface area contributed by atoms with E-state index in [9.17, 15) is 0 Å². The Morgan fingerprint density at radius 1 is 1.14 bits per heavy atom. The number of ether oxygens (including phenoxy) is 1. The van der Waals surface area contributed by atoms with Crippen molar-refractivity contribution in [1.29, 1.82) is 0 Å². The van der Waals surface area contributed by atoms with Gasteiger partial charge in [-0.2, -0.15) is 0 Å². The van der Waals surface area contributed by atoms with Crippen LogP contribution in [0.3, 0.4) is 0 Å². The maximum Gasteiger partial charge on any atom is 0.0506 e. The summed E-state index contributed by atoms with van der Waals surface area (Å²) in [6.45, 7) is 6.77. The van der Waals surface area contributed by atoms with Gasteiger partial charge in [-0.05, 0) is 57.3 Å². The highest BCUT2D eigenvalue weighted by Crippen LogP contribution is 2.21. The maximum atomic E-state index is 5.61. The van der Waals surface area contributed by atoms with Gasteiger partial charge in [-0.15, -0.1) is 0 Å².